The van der Waals surface area contributed by atoms with Crippen molar-refractivity contribution in [2.45, 2.75) is 45.1 Å². The Hall–Kier alpha value is -0.610. The third-order valence-electron chi connectivity index (χ3n) is 4.53. The maximum atomic E-state index is 12.5. The molecule has 0 aromatic rings. The molecule has 1 aliphatic rings. The van der Waals surface area contributed by atoms with Gasteiger partial charge in [0.25, 0.3) is 0 Å². The first-order valence-electron chi connectivity index (χ1n) is 7.45. The molecule has 1 fully saturated rings. The summed E-state index contributed by atoms with van der Waals surface area (Å²) >= 11 is 0. The van der Waals surface area contributed by atoms with E-state index in [0.717, 1.165) is 13.0 Å². The summed E-state index contributed by atoms with van der Waals surface area (Å²) in [5, 5.41) is 0. The van der Waals surface area contributed by atoms with Crippen molar-refractivity contribution >= 4 is 5.91 Å². The van der Waals surface area contributed by atoms with E-state index >= 15 is 0 Å². The van der Waals surface area contributed by atoms with Crippen molar-refractivity contribution in [2.75, 3.05) is 34.2 Å². The number of nitrogens with zero attached hydrogens (tertiary/aromatic N) is 2. The van der Waals surface area contributed by atoms with Crippen LogP contribution in [-0.4, -0.2) is 55.5 Å². The minimum atomic E-state index is -0.0238. The van der Waals surface area contributed by atoms with Gasteiger partial charge in [-0.15, -0.1) is 0 Å². The normalized spacial score (nSPS) is 19.4. The summed E-state index contributed by atoms with van der Waals surface area (Å²) < 4.78 is 0. The maximum absolute atomic E-state index is 12.5. The summed E-state index contributed by atoms with van der Waals surface area (Å²) in [6.07, 6.45) is 4.53. The van der Waals surface area contributed by atoms with Crippen molar-refractivity contribution in [2.24, 2.45) is 17.6 Å². The van der Waals surface area contributed by atoms with Crippen LogP contribution in [0.15, 0.2) is 0 Å². The number of rotatable bonds is 7. The summed E-state index contributed by atoms with van der Waals surface area (Å²) in [6.45, 7) is 5.57. The molecular weight excluding hydrogens is 238 g/mol. The molecule has 19 heavy (non-hydrogen) atoms. The van der Waals surface area contributed by atoms with Gasteiger partial charge < -0.3 is 15.5 Å². The molecule has 112 valence electrons. The van der Waals surface area contributed by atoms with Gasteiger partial charge in [-0.25, -0.2) is 0 Å². The van der Waals surface area contributed by atoms with Crippen molar-refractivity contribution in [1.29, 1.82) is 0 Å². The van der Waals surface area contributed by atoms with Gasteiger partial charge in [0.05, 0.1) is 5.92 Å². The molecule has 1 atom stereocenters. The Balaban J connectivity index is 2.60. The minimum absolute atomic E-state index is 0.0238. The molecule has 0 aliphatic heterocycles. The predicted molar refractivity (Wildman–Crippen MR) is 79.9 cm³/mol. The maximum Gasteiger partial charge on any atom is 0.226 e. The van der Waals surface area contributed by atoms with E-state index in [1.54, 1.807) is 0 Å². The SMILES string of the molecule is CC(C)CC(CN)C(=O)N(C)CC1(N(C)C)CCC1. The molecule has 4 nitrogen and oxygen atoms in total. The summed E-state index contributed by atoms with van der Waals surface area (Å²) in [5.74, 6) is 0.700. The minimum Gasteiger partial charge on any atom is -0.344 e. The number of hydrogen-bond donors (Lipinski definition) is 1. The van der Waals surface area contributed by atoms with E-state index in [9.17, 15) is 4.79 Å². The quantitative estimate of drug-likeness (QED) is 0.763. The van der Waals surface area contributed by atoms with Gasteiger partial charge >= 0.3 is 0 Å². The lowest BCUT2D eigenvalue weighted by Gasteiger charge is -2.49. The zero-order valence-electron chi connectivity index (χ0n) is 13.3. The standard InChI is InChI=1S/C15H31N3O/c1-12(2)9-13(10-16)14(19)18(5)11-15(17(3)4)7-6-8-15/h12-13H,6-11,16H2,1-5H3. The van der Waals surface area contributed by atoms with Gasteiger partial charge in [-0.1, -0.05) is 13.8 Å². The highest BCUT2D eigenvalue weighted by molar-refractivity contribution is 5.79. The molecule has 0 heterocycles. The Morgan fingerprint density at radius 2 is 1.84 bits per heavy atom. The number of amides is 1. The van der Waals surface area contributed by atoms with Gasteiger partial charge in [-0.2, -0.15) is 0 Å². The Kier molecular flexibility index (Phi) is 5.81. The number of carbonyl (C=O) groups is 1. The fourth-order valence-corrected chi connectivity index (χ4v) is 3.03. The molecule has 0 radical (unpaired) electrons. The molecule has 0 bridgehead atoms. The van der Waals surface area contributed by atoms with E-state index in [1.807, 2.05) is 11.9 Å². The number of hydrogen-bond acceptors (Lipinski definition) is 3. The van der Waals surface area contributed by atoms with Crippen molar-refractivity contribution in [1.82, 2.24) is 9.80 Å². The van der Waals surface area contributed by atoms with E-state index in [-0.39, 0.29) is 17.4 Å². The molecule has 1 rings (SSSR count). The molecule has 1 aliphatic carbocycles. The van der Waals surface area contributed by atoms with Crippen LogP contribution < -0.4 is 5.73 Å². The number of nitrogens with two attached hydrogens (primary N) is 1. The lowest BCUT2D eigenvalue weighted by Crippen LogP contribution is -2.58. The summed E-state index contributed by atoms with van der Waals surface area (Å²) in [7, 11) is 6.16. The monoisotopic (exact) mass is 269 g/mol. The molecule has 0 aromatic heterocycles. The van der Waals surface area contributed by atoms with E-state index < -0.39 is 0 Å². The van der Waals surface area contributed by atoms with Gasteiger partial charge in [0.15, 0.2) is 0 Å². The molecule has 0 aromatic carbocycles. The van der Waals surface area contributed by atoms with Crippen LogP contribution in [0.4, 0.5) is 0 Å². The first kappa shape index (κ1) is 16.4. The lowest BCUT2D eigenvalue weighted by atomic mass is 9.75. The van der Waals surface area contributed by atoms with Gasteiger partial charge in [-0.3, -0.25) is 4.79 Å². The van der Waals surface area contributed by atoms with Crippen molar-refractivity contribution < 1.29 is 4.79 Å². The molecular formula is C15H31N3O. The number of likely N-dealkylation sites (N-methyl/N-ethyl adjacent to an activating group) is 2. The van der Waals surface area contributed by atoms with E-state index in [4.69, 9.17) is 5.73 Å². The van der Waals surface area contributed by atoms with Crippen LogP contribution in [0.5, 0.6) is 0 Å². The van der Waals surface area contributed by atoms with Crippen molar-refractivity contribution in [3.8, 4) is 0 Å². The van der Waals surface area contributed by atoms with Crippen LogP contribution >= 0.6 is 0 Å². The smallest absolute Gasteiger partial charge is 0.226 e. The Labute approximate surface area is 118 Å². The van der Waals surface area contributed by atoms with E-state index in [0.29, 0.717) is 12.5 Å². The van der Waals surface area contributed by atoms with Gasteiger partial charge in [0.2, 0.25) is 5.91 Å². The Bertz CT molecular complexity index is 298. The van der Waals surface area contributed by atoms with Crippen LogP contribution in [0.1, 0.15) is 39.5 Å². The summed E-state index contributed by atoms with van der Waals surface area (Å²) in [4.78, 5) is 16.7. The molecule has 1 unspecified atom stereocenters. The molecule has 2 N–H and O–H groups in total. The van der Waals surface area contributed by atoms with E-state index in [2.05, 4.69) is 32.8 Å². The fraction of sp³-hybridized carbons (Fsp3) is 0.933. The highest BCUT2D eigenvalue weighted by atomic mass is 16.2. The predicted octanol–water partition coefficient (Wildman–Crippen LogP) is 1.55. The Morgan fingerprint density at radius 3 is 2.16 bits per heavy atom. The van der Waals surface area contributed by atoms with Gasteiger partial charge in [0, 0.05) is 25.7 Å². The molecule has 1 amide bonds. The van der Waals surface area contributed by atoms with Gasteiger partial charge in [-0.05, 0) is 45.7 Å². The highest BCUT2D eigenvalue weighted by Crippen LogP contribution is 2.36. The Morgan fingerprint density at radius 1 is 1.26 bits per heavy atom. The second-order valence-electron chi connectivity index (χ2n) is 6.73. The van der Waals surface area contributed by atoms with Crippen LogP contribution in [0.3, 0.4) is 0 Å². The lowest BCUT2D eigenvalue weighted by molar-refractivity contribution is -0.137. The van der Waals surface area contributed by atoms with Gasteiger partial charge in [0.1, 0.15) is 0 Å². The van der Waals surface area contributed by atoms with Crippen molar-refractivity contribution in [3.05, 3.63) is 0 Å². The van der Waals surface area contributed by atoms with E-state index in [1.165, 1.54) is 19.3 Å². The molecule has 1 saturated carbocycles. The first-order chi connectivity index (χ1) is 8.82. The second kappa shape index (κ2) is 6.71. The zero-order valence-corrected chi connectivity index (χ0v) is 13.3. The summed E-state index contributed by atoms with van der Waals surface area (Å²) in [5.41, 5.74) is 5.97. The van der Waals surface area contributed by atoms with Crippen LogP contribution in [-0.2, 0) is 4.79 Å². The highest BCUT2D eigenvalue weighted by Gasteiger charge is 2.41. The topological polar surface area (TPSA) is 49.6 Å². The largest absolute Gasteiger partial charge is 0.344 e. The van der Waals surface area contributed by atoms with Crippen LogP contribution in [0.2, 0.25) is 0 Å². The van der Waals surface area contributed by atoms with Crippen LogP contribution in [0, 0.1) is 11.8 Å². The summed E-state index contributed by atoms with van der Waals surface area (Å²) in [6, 6.07) is 0. The fourth-order valence-electron chi connectivity index (χ4n) is 3.03. The molecule has 4 heteroatoms. The third-order valence-corrected chi connectivity index (χ3v) is 4.53. The average Bonchev–Trinajstić information content (AvgIpc) is 2.28. The molecule has 0 spiro atoms. The third kappa shape index (κ3) is 3.93. The second-order valence-corrected chi connectivity index (χ2v) is 6.73. The van der Waals surface area contributed by atoms with Crippen molar-refractivity contribution in [3.63, 3.8) is 0 Å². The first-order valence-corrected chi connectivity index (χ1v) is 7.45. The number of carbonyl (C=O) groups excluding carboxylic acids is 1. The average molecular weight is 269 g/mol. The molecule has 0 saturated heterocycles. The van der Waals surface area contributed by atoms with Crippen LogP contribution in [0.25, 0.3) is 0 Å². The zero-order chi connectivity index (χ0) is 14.6.